The van der Waals surface area contributed by atoms with Crippen LogP contribution in [-0.4, -0.2) is 25.5 Å². The molecule has 1 aliphatic carbocycles. The third-order valence-electron chi connectivity index (χ3n) is 4.01. The minimum Gasteiger partial charge on any atom is -0.356 e. The van der Waals surface area contributed by atoms with Gasteiger partial charge in [-0.15, -0.1) is 0 Å². The smallest absolute Gasteiger partial charge is 0.224 e. The summed E-state index contributed by atoms with van der Waals surface area (Å²) in [6, 6.07) is 0. The van der Waals surface area contributed by atoms with Gasteiger partial charge in [0.15, 0.2) is 0 Å². The highest BCUT2D eigenvalue weighted by molar-refractivity contribution is 5.79. The normalized spacial score (nSPS) is 26.9. The molecule has 92 valence electrons. The summed E-state index contributed by atoms with van der Waals surface area (Å²) >= 11 is 0. The molecule has 16 heavy (non-hydrogen) atoms. The van der Waals surface area contributed by atoms with E-state index in [1.165, 1.54) is 38.5 Å². The Hall–Kier alpha value is -0.570. The molecule has 2 aliphatic rings. The summed E-state index contributed by atoms with van der Waals surface area (Å²) in [5.41, 5.74) is 0. The average Bonchev–Trinajstić information content (AvgIpc) is 2.84. The number of nitrogens with one attached hydrogen (secondary N) is 2. The van der Waals surface area contributed by atoms with Crippen molar-refractivity contribution in [1.82, 2.24) is 10.6 Å². The highest BCUT2D eigenvalue weighted by atomic mass is 16.1. The van der Waals surface area contributed by atoms with Gasteiger partial charge in [-0.1, -0.05) is 32.1 Å². The van der Waals surface area contributed by atoms with E-state index in [1.807, 2.05) is 0 Å². The largest absolute Gasteiger partial charge is 0.356 e. The molecule has 3 heteroatoms. The van der Waals surface area contributed by atoms with Gasteiger partial charge >= 0.3 is 0 Å². The molecule has 0 spiro atoms. The van der Waals surface area contributed by atoms with Crippen LogP contribution in [0.2, 0.25) is 0 Å². The maximum Gasteiger partial charge on any atom is 0.224 e. The molecule has 1 saturated carbocycles. The Bertz CT molecular complexity index is 218. The standard InChI is InChI=1S/C13H24N2O/c16-13(12-7-8-14-10-12)15-9-6-11-4-2-1-3-5-11/h11-12,14H,1-10H2,(H,15,16). The molecule has 0 radical (unpaired) electrons. The molecule has 1 amide bonds. The molecule has 1 heterocycles. The van der Waals surface area contributed by atoms with Crippen LogP contribution < -0.4 is 10.6 Å². The predicted molar refractivity (Wildman–Crippen MR) is 65.2 cm³/mol. The molecule has 0 bridgehead atoms. The van der Waals surface area contributed by atoms with Crippen molar-refractivity contribution in [3.05, 3.63) is 0 Å². The van der Waals surface area contributed by atoms with Gasteiger partial charge in [0.05, 0.1) is 5.92 Å². The Morgan fingerprint density at radius 3 is 2.69 bits per heavy atom. The summed E-state index contributed by atoms with van der Waals surface area (Å²) < 4.78 is 0. The summed E-state index contributed by atoms with van der Waals surface area (Å²) in [5, 5.41) is 6.33. The van der Waals surface area contributed by atoms with Crippen molar-refractivity contribution in [3.8, 4) is 0 Å². The lowest BCUT2D eigenvalue weighted by Crippen LogP contribution is -2.33. The van der Waals surface area contributed by atoms with Gasteiger partial charge in [0, 0.05) is 13.1 Å². The highest BCUT2D eigenvalue weighted by Gasteiger charge is 2.22. The summed E-state index contributed by atoms with van der Waals surface area (Å²) in [4.78, 5) is 11.7. The number of hydrogen-bond donors (Lipinski definition) is 2. The number of carbonyl (C=O) groups is 1. The summed E-state index contributed by atoms with van der Waals surface area (Å²) in [6.45, 7) is 2.76. The summed E-state index contributed by atoms with van der Waals surface area (Å²) in [5.74, 6) is 1.36. The van der Waals surface area contributed by atoms with Crippen molar-refractivity contribution in [2.75, 3.05) is 19.6 Å². The van der Waals surface area contributed by atoms with E-state index in [9.17, 15) is 4.79 Å². The fourth-order valence-corrected chi connectivity index (χ4v) is 2.90. The van der Waals surface area contributed by atoms with Gasteiger partial charge in [-0.2, -0.15) is 0 Å². The van der Waals surface area contributed by atoms with Gasteiger partial charge in [0.25, 0.3) is 0 Å². The third kappa shape index (κ3) is 3.48. The Morgan fingerprint density at radius 2 is 2.00 bits per heavy atom. The van der Waals surface area contributed by atoms with Crippen LogP contribution in [0.1, 0.15) is 44.9 Å². The van der Waals surface area contributed by atoms with E-state index in [4.69, 9.17) is 0 Å². The number of hydrogen-bond acceptors (Lipinski definition) is 2. The monoisotopic (exact) mass is 224 g/mol. The summed E-state index contributed by atoms with van der Waals surface area (Å²) in [7, 11) is 0. The zero-order chi connectivity index (χ0) is 11.2. The van der Waals surface area contributed by atoms with Crippen LogP contribution in [0.25, 0.3) is 0 Å². The minimum atomic E-state index is 0.228. The van der Waals surface area contributed by atoms with Crippen LogP contribution in [0.5, 0.6) is 0 Å². The van der Waals surface area contributed by atoms with Crippen LogP contribution in [0.15, 0.2) is 0 Å². The molecule has 2 fully saturated rings. The van der Waals surface area contributed by atoms with Gasteiger partial charge in [-0.3, -0.25) is 4.79 Å². The van der Waals surface area contributed by atoms with E-state index in [2.05, 4.69) is 10.6 Å². The van der Waals surface area contributed by atoms with Crippen LogP contribution in [0.4, 0.5) is 0 Å². The Labute approximate surface area is 98.4 Å². The lowest BCUT2D eigenvalue weighted by atomic mass is 9.87. The van der Waals surface area contributed by atoms with Gasteiger partial charge in [-0.25, -0.2) is 0 Å². The van der Waals surface area contributed by atoms with Crippen LogP contribution in [-0.2, 0) is 4.79 Å². The van der Waals surface area contributed by atoms with Crippen molar-refractivity contribution in [2.24, 2.45) is 11.8 Å². The van der Waals surface area contributed by atoms with E-state index in [1.54, 1.807) is 0 Å². The van der Waals surface area contributed by atoms with Crippen LogP contribution >= 0.6 is 0 Å². The van der Waals surface area contributed by atoms with Crippen molar-refractivity contribution in [3.63, 3.8) is 0 Å². The van der Waals surface area contributed by atoms with E-state index in [0.29, 0.717) is 0 Å². The molecule has 1 unspecified atom stereocenters. The molecule has 0 aromatic heterocycles. The molecule has 1 atom stereocenters. The molecule has 3 nitrogen and oxygen atoms in total. The SMILES string of the molecule is O=C(NCCC1CCCCC1)C1CCNC1. The minimum absolute atomic E-state index is 0.228. The molecular weight excluding hydrogens is 200 g/mol. The molecule has 1 saturated heterocycles. The van der Waals surface area contributed by atoms with Crippen molar-refractivity contribution >= 4 is 5.91 Å². The predicted octanol–water partition coefficient (Wildman–Crippen LogP) is 1.68. The molecule has 0 aromatic rings. The fraction of sp³-hybridized carbons (Fsp3) is 0.923. The summed E-state index contributed by atoms with van der Waals surface area (Å²) in [6.07, 6.45) is 9.15. The second-order valence-corrected chi connectivity index (χ2v) is 5.27. The van der Waals surface area contributed by atoms with Gasteiger partial charge in [0.1, 0.15) is 0 Å². The number of amides is 1. The molecule has 2 N–H and O–H groups in total. The number of rotatable bonds is 4. The van der Waals surface area contributed by atoms with Gasteiger partial charge < -0.3 is 10.6 Å². The maximum atomic E-state index is 11.7. The van der Waals surface area contributed by atoms with E-state index >= 15 is 0 Å². The Kier molecular flexibility index (Phi) is 4.64. The fourth-order valence-electron chi connectivity index (χ4n) is 2.90. The van der Waals surface area contributed by atoms with E-state index in [0.717, 1.165) is 32.0 Å². The third-order valence-corrected chi connectivity index (χ3v) is 4.01. The lowest BCUT2D eigenvalue weighted by Gasteiger charge is -2.21. The van der Waals surface area contributed by atoms with E-state index < -0.39 is 0 Å². The average molecular weight is 224 g/mol. The Morgan fingerprint density at radius 1 is 1.19 bits per heavy atom. The van der Waals surface area contributed by atoms with Crippen molar-refractivity contribution < 1.29 is 4.79 Å². The topological polar surface area (TPSA) is 41.1 Å². The molecule has 2 rings (SSSR count). The molecule has 1 aliphatic heterocycles. The first-order chi connectivity index (χ1) is 7.86. The lowest BCUT2D eigenvalue weighted by molar-refractivity contribution is -0.124. The molecular formula is C13H24N2O. The number of carbonyl (C=O) groups excluding carboxylic acids is 1. The zero-order valence-electron chi connectivity index (χ0n) is 10.1. The second kappa shape index (κ2) is 6.24. The van der Waals surface area contributed by atoms with E-state index in [-0.39, 0.29) is 11.8 Å². The highest BCUT2D eigenvalue weighted by Crippen LogP contribution is 2.25. The first-order valence-corrected chi connectivity index (χ1v) is 6.84. The van der Waals surface area contributed by atoms with Gasteiger partial charge in [0.2, 0.25) is 5.91 Å². The van der Waals surface area contributed by atoms with Gasteiger partial charge in [-0.05, 0) is 25.3 Å². The maximum absolute atomic E-state index is 11.7. The first kappa shape index (κ1) is 11.9. The quantitative estimate of drug-likeness (QED) is 0.763. The van der Waals surface area contributed by atoms with Crippen LogP contribution in [0.3, 0.4) is 0 Å². The zero-order valence-corrected chi connectivity index (χ0v) is 10.1. The Balaban J connectivity index is 1.57. The molecule has 0 aromatic carbocycles. The van der Waals surface area contributed by atoms with Crippen molar-refractivity contribution in [1.29, 1.82) is 0 Å². The van der Waals surface area contributed by atoms with Crippen LogP contribution in [0, 0.1) is 11.8 Å². The first-order valence-electron chi connectivity index (χ1n) is 6.84. The second-order valence-electron chi connectivity index (χ2n) is 5.27. The van der Waals surface area contributed by atoms with Crippen molar-refractivity contribution in [2.45, 2.75) is 44.9 Å².